The molecule has 1 saturated carbocycles. The first-order valence-corrected chi connectivity index (χ1v) is 12.0. The average Bonchev–Trinajstić information content (AvgIpc) is 3.33. The zero-order valence-corrected chi connectivity index (χ0v) is 17.3. The highest BCUT2D eigenvalue weighted by Crippen LogP contribution is 2.40. The Labute approximate surface area is 173 Å². The Bertz CT molecular complexity index is 1230. The number of sulfonamides is 1. The predicted molar refractivity (Wildman–Crippen MR) is 117 cm³/mol. The van der Waals surface area contributed by atoms with Crippen LogP contribution in [-0.2, 0) is 10.0 Å². The van der Waals surface area contributed by atoms with Crippen molar-refractivity contribution in [2.75, 3.05) is 10.0 Å². The van der Waals surface area contributed by atoms with Gasteiger partial charge in [0.1, 0.15) is 0 Å². The number of para-hydroxylation sites is 1. The molecule has 0 aromatic heterocycles. The maximum absolute atomic E-state index is 13.3. The molecule has 2 aliphatic rings. The van der Waals surface area contributed by atoms with Gasteiger partial charge in [0.15, 0.2) is 0 Å². The summed E-state index contributed by atoms with van der Waals surface area (Å²) in [5.74, 6) is -0.202. The van der Waals surface area contributed by atoms with Crippen molar-refractivity contribution in [1.82, 2.24) is 0 Å². The third kappa shape index (κ3) is 3.28. The van der Waals surface area contributed by atoms with Crippen LogP contribution in [0.1, 0.15) is 36.0 Å². The topological polar surface area (TPSA) is 75.3 Å². The number of benzene rings is 3. The Morgan fingerprint density at radius 1 is 0.966 bits per heavy atom. The Hall–Kier alpha value is -2.51. The normalized spacial score (nSPS) is 16.3. The molecule has 0 bridgehead atoms. The van der Waals surface area contributed by atoms with Crippen LogP contribution >= 0.6 is 11.8 Å². The van der Waals surface area contributed by atoms with Crippen LogP contribution in [0, 0.1) is 0 Å². The van der Waals surface area contributed by atoms with Gasteiger partial charge in [0.25, 0.3) is 15.9 Å². The average molecular weight is 425 g/mol. The molecule has 0 unspecified atom stereocenters. The summed E-state index contributed by atoms with van der Waals surface area (Å²) in [6.07, 6.45) is 4.81. The molecular weight excluding hydrogens is 404 g/mol. The summed E-state index contributed by atoms with van der Waals surface area (Å²) in [4.78, 5) is 13.3. The molecular formula is C22H20N2O3S2. The molecule has 3 aromatic carbocycles. The highest BCUT2D eigenvalue weighted by Gasteiger charge is 2.27. The van der Waals surface area contributed by atoms with E-state index in [9.17, 15) is 13.2 Å². The second-order valence-electron chi connectivity index (χ2n) is 7.42. The Morgan fingerprint density at radius 2 is 1.76 bits per heavy atom. The van der Waals surface area contributed by atoms with Gasteiger partial charge in [-0.3, -0.25) is 9.52 Å². The van der Waals surface area contributed by atoms with E-state index in [0.29, 0.717) is 33.0 Å². The van der Waals surface area contributed by atoms with Gasteiger partial charge in [0, 0.05) is 32.2 Å². The lowest BCUT2D eigenvalue weighted by Crippen LogP contribution is -2.14. The number of hydrogen-bond acceptors (Lipinski definition) is 4. The molecule has 5 nitrogen and oxygen atoms in total. The lowest BCUT2D eigenvalue weighted by molar-refractivity contribution is 0.103. The molecule has 148 valence electrons. The Kier molecular flexibility index (Phi) is 4.52. The quantitative estimate of drug-likeness (QED) is 0.587. The van der Waals surface area contributed by atoms with Gasteiger partial charge < -0.3 is 5.32 Å². The fraction of sp³-hybridized carbons (Fsp3) is 0.227. The molecule has 5 rings (SSSR count). The molecule has 0 atom stereocenters. The minimum atomic E-state index is -3.82. The first-order chi connectivity index (χ1) is 14.0. The summed E-state index contributed by atoms with van der Waals surface area (Å²) in [5.41, 5.74) is 1.75. The van der Waals surface area contributed by atoms with Crippen LogP contribution in [-0.4, -0.2) is 19.6 Å². The summed E-state index contributed by atoms with van der Waals surface area (Å²) < 4.78 is 29.4. The van der Waals surface area contributed by atoms with E-state index < -0.39 is 10.0 Å². The summed E-state index contributed by atoms with van der Waals surface area (Å²) in [6, 6.07) is 15.9. The maximum atomic E-state index is 13.3. The van der Waals surface area contributed by atoms with Gasteiger partial charge in [-0.05, 0) is 43.2 Å². The number of amides is 1. The van der Waals surface area contributed by atoms with Crippen LogP contribution in [0.2, 0.25) is 0 Å². The van der Waals surface area contributed by atoms with E-state index in [1.165, 1.54) is 25.7 Å². The van der Waals surface area contributed by atoms with E-state index >= 15 is 0 Å². The van der Waals surface area contributed by atoms with E-state index in [4.69, 9.17) is 0 Å². The monoisotopic (exact) mass is 424 g/mol. The standard InChI is InChI=1S/C22H20N2O3S2/c25-22-16-9-5-8-15-20(13-12-18(23-22)21(15)16)29(26,27)24-17-10-3-4-11-19(17)28-14-6-1-2-7-14/h3-5,8-14,24H,1-2,6-7H2,(H,23,25). The number of thioether (sulfide) groups is 1. The number of carbonyl (C=O) groups excluding carboxylic acids is 1. The Balaban J connectivity index is 1.54. The third-order valence-corrected chi connectivity index (χ3v) is 8.35. The van der Waals surface area contributed by atoms with Crippen molar-refractivity contribution in [2.45, 2.75) is 40.7 Å². The minimum Gasteiger partial charge on any atom is -0.321 e. The Morgan fingerprint density at radius 3 is 2.59 bits per heavy atom. The summed E-state index contributed by atoms with van der Waals surface area (Å²) in [5, 5.41) is 4.54. The molecule has 29 heavy (non-hydrogen) atoms. The van der Waals surface area contributed by atoms with Gasteiger partial charge in [0.05, 0.1) is 10.6 Å². The smallest absolute Gasteiger partial charge is 0.262 e. The van der Waals surface area contributed by atoms with Crippen LogP contribution in [0.15, 0.2) is 64.4 Å². The number of anilines is 2. The van der Waals surface area contributed by atoms with Crippen LogP contribution < -0.4 is 10.0 Å². The number of carbonyl (C=O) groups is 1. The van der Waals surface area contributed by atoms with Gasteiger partial charge in [-0.2, -0.15) is 0 Å². The molecule has 1 fully saturated rings. The number of nitrogens with one attached hydrogen (secondary N) is 2. The van der Waals surface area contributed by atoms with E-state index in [2.05, 4.69) is 10.0 Å². The van der Waals surface area contributed by atoms with Crippen molar-refractivity contribution < 1.29 is 13.2 Å². The van der Waals surface area contributed by atoms with Crippen molar-refractivity contribution in [1.29, 1.82) is 0 Å². The third-order valence-electron chi connectivity index (χ3n) is 5.51. The molecule has 1 aliphatic heterocycles. The molecule has 2 N–H and O–H groups in total. The summed E-state index contributed by atoms with van der Waals surface area (Å²) >= 11 is 1.75. The van der Waals surface area contributed by atoms with Crippen molar-refractivity contribution in [3.63, 3.8) is 0 Å². The SMILES string of the molecule is O=C1Nc2ccc(S(=O)(=O)Nc3ccccc3SC3CCCC3)c3cccc1c23. The van der Waals surface area contributed by atoms with E-state index in [0.717, 1.165) is 4.90 Å². The van der Waals surface area contributed by atoms with Crippen molar-refractivity contribution in [3.8, 4) is 0 Å². The first-order valence-electron chi connectivity index (χ1n) is 9.68. The van der Waals surface area contributed by atoms with Crippen LogP contribution in [0.25, 0.3) is 10.8 Å². The molecule has 0 spiro atoms. The largest absolute Gasteiger partial charge is 0.321 e. The fourth-order valence-corrected chi connectivity index (χ4v) is 6.82. The highest BCUT2D eigenvalue weighted by atomic mass is 32.2. The zero-order valence-electron chi connectivity index (χ0n) is 15.6. The van der Waals surface area contributed by atoms with E-state index in [1.807, 2.05) is 18.2 Å². The van der Waals surface area contributed by atoms with E-state index in [-0.39, 0.29) is 10.8 Å². The lowest BCUT2D eigenvalue weighted by Gasteiger charge is -2.16. The first kappa shape index (κ1) is 18.5. The van der Waals surface area contributed by atoms with Gasteiger partial charge in [-0.25, -0.2) is 8.42 Å². The van der Waals surface area contributed by atoms with Gasteiger partial charge in [0.2, 0.25) is 0 Å². The highest BCUT2D eigenvalue weighted by molar-refractivity contribution is 8.00. The second-order valence-corrected chi connectivity index (χ2v) is 10.4. The van der Waals surface area contributed by atoms with Gasteiger partial charge in [-0.1, -0.05) is 37.1 Å². The molecule has 1 heterocycles. The molecule has 7 heteroatoms. The van der Waals surface area contributed by atoms with Gasteiger partial charge in [-0.15, -0.1) is 11.8 Å². The lowest BCUT2D eigenvalue weighted by atomic mass is 10.1. The molecule has 1 aliphatic carbocycles. The second kappa shape index (κ2) is 7.07. The minimum absolute atomic E-state index is 0.176. The van der Waals surface area contributed by atoms with Crippen LogP contribution in [0.4, 0.5) is 11.4 Å². The summed E-state index contributed by atoms with van der Waals surface area (Å²) in [7, 11) is -3.82. The van der Waals surface area contributed by atoms with Crippen LogP contribution in [0.5, 0.6) is 0 Å². The van der Waals surface area contributed by atoms with Crippen molar-refractivity contribution >= 4 is 49.8 Å². The van der Waals surface area contributed by atoms with Gasteiger partial charge >= 0.3 is 0 Å². The maximum Gasteiger partial charge on any atom is 0.262 e. The predicted octanol–water partition coefficient (Wildman–Crippen LogP) is 5.24. The van der Waals surface area contributed by atoms with Crippen LogP contribution in [0.3, 0.4) is 0 Å². The molecule has 0 radical (unpaired) electrons. The fourth-order valence-electron chi connectivity index (χ4n) is 4.14. The van der Waals surface area contributed by atoms with Crippen molar-refractivity contribution in [2.24, 2.45) is 0 Å². The van der Waals surface area contributed by atoms with Crippen molar-refractivity contribution in [3.05, 3.63) is 60.2 Å². The molecule has 1 amide bonds. The summed E-state index contributed by atoms with van der Waals surface area (Å²) in [6.45, 7) is 0. The van der Waals surface area contributed by atoms with E-state index in [1.54, 1.807) is 48.2 Å². The molecule has 0 saturated heterocycles. The molecule has 3 aromatic rings. The number of rotatable bonds is 5. The zero-order chi connectivity index (χ0) is 20.0. The number of hydrogen-bond donors (Lipinski definition) is 2.